The zero-order chi connectivity index (χ0) is 20.0. The van der Waals surface area contributed by atoms with E-state index in [0.717, 1.165) is 33.1 Å². The number of H-pyrrole nitrogens is 1. The van der Waals surface area contributed by atoms with Gasteiger partial charge in [-0.3, -0.25) is 9.89 Å². The first-order valence-corrected chi connectivity index (χ1v) is 10.2. The number of fused-ring (bicyclic) bond motifs is 1. The van der Waals surface area contributed by atoms with Gasteiger partial charge in [0.15, 0.2) is 0 Å². The Balaban J connectivity index is 1.96. The van der Waals surface area contributed by atoms with Crippen LogP contribution in [0.15, 0.2) is 40.9 Å². The van der Waals surface area contributed by atoms with Gasteiger partial charge in [0.05, 0.1) is 6.04 Å². The SMILES string of the molecule is CCCN1C(=O)c2[nH]nc(-c3c(C)cc(C)cc3O)c2C1c1cccc(Br)c1. The van der Waals surface area contributed by atoms with Crippen molar-refractivity contribution in [3.8, 4) is 17.0 Å². The van der Waals surface area contributed by atoms with E-state index in [1.165, 1.54) is 0 Å². The number of hydrogen-bond donors (Lipinski definition) is 2. The number of aryl methyl sites for hydroxylation is 2. The summed E-state index contributed by atoms with van der Waals surface area (Å²) in [6, 6.07) is 11.5. The summed E-state index contributed by atoms with van der Waals surface area (Å²) in [5, 5.41) is 18.1. The van der Waals surface area contributed by atoms with Crippen LogP contribution < -0.4 is 0 Å². The van der Waals surface area contributed by atoms with E-state index in [4.69, 9.17) is 0 Å². The van der Waals surface area contributed by atoms with Crippen molar-refractivity contribution in [1.82, 2.24) is 15.1 Å². The molecule has 1 atom stereocenters. The van der Waals surface area contributed by atoms with Gasteiger partial charge in [0.2, 0.25) is 0 Å². The summed E-state index contributed by atoms with van der Waals surface area (Å²) >= 11 is 3.54. The number of aromatic nitrogens is 2. The first-order chi connectivity index (χ1) is 13.4. The molecule has 6 heteroatoms. The number of aromatic amines is 1. The third kappa shape index (κ3) is 2.92. The topological polar surface area (TPSA) is 69.2 Å². The summed E-state index contributed by atoms with van der Waals surface area (Å²) in [6.45, 7) is 6.62. The van der Waals surface area contributed by atoms with Crippen LogP contribution in [-0.2, 0) is 0 Å². The highest BCUT2D eigenvalue weighted by atomic mass is 79.9. The Kier molecular flexibility index (Phi) is 4.75. The van der Waals surface area contributed by atoms with Gasteiger partial charge in [-0.15, -0.1) is 0 Å². The van der Waals surface area contributed by atoms with E-state index < -0.39 is 0 Å². The number of aromatic hydroxyl groups is 1. The monoisotopic (exact) mass is 439 g/mol. The predicted molar refractivity (Wildman–Crippen MR) is 112 cm³/mol. The minimum atomic E-state index is -0.242. The molecule has 2 heterocycles. The zero-order valence-electron chi connectivity index (χ0n) is 16.1. The lowest BCUT2D eigenvalue weighted by molar-refractivity contribution is 0.0744. The van der Waals surface area contributed by atoms with Crippen LogP contribution in [0.25, 0.3) is 11.3 Å². The summed E-state index contributed by atoms with van der Waals surface area (Å²) in [4.78, 5) is 15.0. The first-order valence-electron chi connectivity index (χ1n) is 9.37. The van der Waals surface area contributed by atoms with Crippen molar-refractivity contribution >= 4 is 21.8 Å². The molecule has 144 valence electrons. The molecule has 3 aromatic rings. The molecule has 1 amide bonds. The number of benzene rings is 2. The van der Waals surface area contributed by atoms with Gasteiger partial charge in [-0.05, 0) is 55.2 Å². The van der Waals surface area contributed by atoms with E-state index in [1.54, 1.807) is 6.07 Å². The lowest BCUT2D eigenvalue weighted by Crippen LogP contribution is -2.30. The van der Waals surface area contributed by atoms with Crippen molar-refractivity contribution in [2.24, 2.45) is 0 Å². The van der Waals surface area contributed by atoms with Crippen LogP contribution in [0.5, 0.6) is 5.75 Å². The van der Waals surface area contributed by atoms with E-state index >= 15 is 0 Å². The van der Waals surface area contributed by atoms with Gasteiger partial charge in [0.25, 0.3) is 5.91 Å². The number of halogens is 1. The van der Waals surface area contributed by atoms with Crippen LogP contribution in [0, 0.1) is 13.8 Å². The van der Waals surface area contributed by atoms with Crippen molar-refractivity contribution < 1.29 is 9.90 Å². The van der Waals surface area contributed by atoms with Crippen molar-refractivity contribution in [2.75, 3.05) is 6.54 Å². The van der Waals surface area contributed by atoms with Gasteiger partial charge in [0, 0.05) is 22.1 Å². The van der Waals surface area contributed by atoms with E-state index in [1.807, 2.05) is 49.1 Å². The molecule has 0 bridgehead atoms. The minimum absolute atomic E-state index is 0.0511. The highest BCUT2D eigenvalue weighted by Crippen LogP contribution is 2.45. The molecule has 0 aliphatic carbocycles. The number of carbonyl (C=O) groups is 1. The molecule has 1 aliphatic heterocycles. The molecule has 0 saturated heterocycles. The molecule has 28 heavy (non-hydrogen) atoms. The van der Waals surface area contributed by atoms with E-state index in [9.17, 15) is 9.90 Å². The Morgan fingerprint density at radius 3 is 2.71 bits per heavy atom. The number of rotatable bonds is 4. The second-order valence-electron chi connectivity index (χ2n) is 7.29. The fraction of sp³-hybridized carbons (Fsp3) is 0.273. The molecule has 0 fully saturated rings. The molecule has 1 unspecified atom stereocenters. The average Bonchev–Trinajstić information content (AvgIpc) is 3.15. The van der Waals surface area contributed by atoms with E-state index in [-0.39, 0.29) is 17.7 Å². The van der Waals surface area contributed by atoms with Gasteiger partial charge in [-0.2, -0.15) is 5.10 Å². The average molecular weight is 440 g/mol. The van der Waals surface area contributed by atoms with Gasteiger partial charge in [0.1, 0.15) is 17.1 Å². The van der Waals surface area contributed by atoms with Crippen LogP contribution >= 0.6 is 15.9 Å². The maximum absolute atomic E-state index is 13.1. The number of phenolic OH excluding ortho intramolecular Hbond substituents is 1. The number of nitrogens with one attached hydrogen (secondary N) is 1. The van der Waals surface area contributed by atoms with Crippen molar-refractivity contribution in [3.05, 3.63) is 68.8 Å². The molecule has 1 aliphatic rings. The minimum Gasteiger partial charge on any atom is -0.507 e. The summed E-state index contributed by atoms with van der Waals surface area (Å²) in [5.74, 6) is 0.131. The quantitative estimate of drug-likeness (QED) is 0.592. The van der Waals surface area contributed by atoms with Crippen molar-refractivity contribution in [1.29, 1.82) is 0 Å². The predicted octanol–water partition coefficient (Wildman–Crippen LogP) is 5.12. The number of carbonyl (C=O) groups excluding carboxylic acids is 1. The van der Waals surface area contributed by atoms with Crippen molar-refractivity contribution in [2.45, 2.75) is 33.2 Å². The highest BCUT2D eigenvalue weighted by molar-refractivity contribution is 9.10. The van der Waals surface area contributed by atoms with Crippen LogP contribution in [0.4, 0.5) is 0 Å². The van der Waals surface area contributed by atoms with Crippen LogP contribution in [0.3, 0.4) is 0 Å². The number of phenols is 1. The molecular weight excluding hydrogens is 418 g/mol. The Morgan fingerprint density at radius 1 is 1.25 bits per heavy atom. The molecule has 0 radical (unpaired) electrons. The van der Waals surface area contributed by atoms with E-state index in [0.29, 0.717) is 23.5 Å². The summed E-state index contributed by atoms with van der Waals surface area (Å²) in [6.07, 6.45) is 0.859. The smallest absolute Gasteiger partial charge is 0.273 e. The fourth-order valence-corrected chi connectivity index (χ4v) is 4.55. The zero-order valence-corrected chi connectivity index (χ0v) is 17.7. The summed E-state index contributed by atoms with van der Waals surface area (Å²) in [5.41, 5.74) is 5.59. The second-order valence-corrected chi connectivity index (χ2v) is 8.21. The molecule has 1 aromatic heterocycles. The maximum atomic E-state index is 13.1. The first kappa shape index (κ1) is 18.7. The summed E-state index contributed by atoms with van der Waals surface area (Å²) in [7, 11) is 0. The van der Waals surface area contributed by atoms with Crippen LogP contribution in [0.1, 0.15) is 52.1 Å². The Labute approximate surface area is 172 Å². The lowest BCUT2D eigenvalue weighted by atomic mass is 9.93. The second kappa shape index (κ2) is 7.09. The third-order valence-corrected chi connectivity index (χ3v) is 5.68. The Bertz CT molecular complexity index is 1050. The number of amides is 1. The molecule has 2 N–H and O–H groups in total. The normalized spacial score (nSPS) is 15.9. The highest BCUT2D eigenvalue weighted by Gasteiger charge is 2.42. The molecule has 0 spiro atoms. The molecule has 4 rings (SSSR count). The third-order valence-electron chi connectivity index (χ3n) is 5.19. The van der Waals surface area contributed by atoms with Crippen LogP contribution in [0.2, 0.25) is 0 Å². The Hall–Kier alpha value is -2.60. The Morgan fingerprint density at radius 2 is 2.04 bits per heavy atom. The number of hydrogen-bond acceptors (Lipinski definition) is 3. The molecule has 5 nitrogen and oxygen atoms in total. The number of nitrogens with zero attached hydrogens (tertiary/aromatic N) is 2. The molecule has 0 saturated carbocycles. The maximum Gasteiger partial charge on any atom is 0.273 e. The van der Waals surface area contributed by atoms with Crippen molar-refractivity contribution in [3.63, 3.8) is 0 Å². The summed E-state index contributed by atoms with van der Waals surface area (Å²) < 4.78 is 0.960. The molecule has 2 aromatic carbocycles. The largest absolute Gasteiger partial charge is 0.507 e. The van der Waals surface area contributed by atoms with Crippen LogP contribution in [-0.4, -0.2) is 32.7 Å². The standard InChI is InChI=1S/C22H22BrN3O2/c1-4-8-26-21(14-6-5-7-15(23)11-14)18-19(24-25-20(18)22(26)28)17-13(3)9-12(2)10-16(17)27/h5-7,9-11,21,27H,4,8H2,1-3H3,(H,24,25). The molecular formula is C22H22BrN3O2. The van der Waals surface area contributed by atoms with E-state index in [2.05, 4.69) is 33.1 Å². The van der Waals surface area contributed by atoms with Gasteiger partial charge in [-0.1, -0.05) is 41.1 Å². The van der Waals surface area contributed by atoms with Gasteiger partial charge >= 0.3 is 0 Å². The van der Waals surface area contributed by atoms with Gasteiger partial charge in [-0.25, -0.2) is 0 Å². The fourth-order valence-electron chi connectivity index (χ4n) is 4.14. The van der Waals surface area contributed by atoms with Gasteiger partial charge < -0.3 is 10.0 Å². The lowest BCUT2D eigenvalue weighted by Gasteiger charge is -2.26.